The second-order valence-electron chi connectivity index (χ2n) is 6.64. The van der Waals surface area contributed by atoms with Crippen LogP contribution in [0.3, 0.4) is 0 Å². The van der Waals surface area contributed by atoms with Gasteiger partial charge in [-0.05, 0) is 5.41 Å². The molecule has 0 saturated carbocycles. The Balaban J connectivity index is 3.08. The highest BCUT2D eigenvalue weighted by atomic mass is 24.5. The van der Waals surface area contributed by atoms with Crippen LogP contribution < -0.4 is 3.69 Å². The van der Waals surface area contributed by atoms with Crippen molar-refractivity contribution in [2.45, 2.75) is 50.5 Å². The normalized spacial score (nSPS) is 12.4. The molecule has 80 valence electrons. The molecule has 0 amide bonds. The fourth-order valence-electron chi connectivity index (χ4n) is 1.98. The predicted octanol–water partition coefficient (Wildman–Crippen LogP) is 3.53. The first kappa shape index (κ1) is 13.1. The maximum atomic E-state index is 2.36. The summed E-state index contributed by atoms with van der Waals surface area (Å²) >= 11 is -0.182. The van der Waals surface area contributed by atoms with E-state index in [0.29, 0.717) is 3.54 Å². The van der Waals surface area contributed by atoms with Gasteiger partial charge in [-0.25, -0.2) is 0 Å². The van der Waals surface area contributed by atoms with Crippen LogP contribution in [0.25, 0.3) is 0 Å². The largest absolute Gasteiger partial charge is 0.416 e. The summed E-state index contributed by atoms with van der Waals surface area (Å²) in [4.78, 5) is 0. The summed E-state index contributed by atoms with van der Waals surface area (Å²) in [7, 11) is 0. The van der Waals surface area contributed by atoms with Gasteiger partial charge < -0.3 is 0 Å². The summed E-state index contributed by atoms with van der Waals surface area (Å²) < 4.78 is 2.14. The summed E-state index contributed by atoms with van der Waals surface area (Å²) in [5.74, 6) is 0. The first-order valence-electron chi connectivity index (χ1n) is 5.78. The zero-order chi connectivity index (χ0) is 11.7. The van der Waals surface area contributed by atoms with Crippen LogP contribution >= 0.6 is 0 Å². The molecule has 0 radical (unpaired) electrons. The van der Waals surface area contributed by atoms with Gasteiger partial charge in [0.15, 0.2) is 0 Å². The van der Waals surface area contributed by atoms with Gasteiger partial charge in [-0.15, -0.1) is 3.54 Å². The van der Waals surface area contributed by atoms with E-state index in [2.05, 4.69) is 65.8 Å². The van der Waals surface area contributed by atoms with Crippen LogP contribution in [0.5, 0.6) is 0 Å². The van der Waals surface area contributed by atoms with E-state index >= 15 is 0 Å². The highest BCUT2D eigenvalue weighted by Crippen LogP contribution is 2.24. The van der Waals surface area contributed by atoms with Crippen molar-refractivity contribution in [3.8, 4) is 0 Å². The maximum Gasteiger partial charge on any atom is 0.416 e. The van der Waals surface area contributed by atoms with Gasteiger partial charge in [0.1, 0.15) is 0 Å². The highest BCUT2D eigenvalue weighted by Gasteiger charge is 2.22. The van der Waals surface area contributed by atoms with Gasteiger partial charge in [-0.1, -0.05) is 71.4 Å². The standard InChI is InChI=1S/C10H13.C4H9.Mg/c1-10(2,3)9-7-5-4-6-8-9;1-4(2)3;/h4-7H,1-3H3;1-3H3;. The molecule has 0 bridgehead atoms. The van der Waals surface area contributed by atoms with Gasteiger partial charge in [0.2, 0.25) is 0 Å². The van der Waals surface area contributed by atoms with Crippen LogP contribution in [0.1, 0.15) is 47.1 Å². The van der Waals surface area contributed by atoms with Crippen molar-refractivity contribution in [2.24, 2.45) is 0 Å². The third-order valence-corrected chi connectivity index (χ3v) is 4.60. The molecule has 15 heavy (non-hydrogen) atoms. The van der Waals surface area contributed by atoms with Crippen LogP contribution in [0.15, 0.2) is 24.3 Å². The Morgan fingerprint density at radius 2 is 1.40 bits per heavy atom. The van der Waals surface area contributed by atoms with Crippen LogP contribution in [-0.2, 0) is 5.41 Å². The Morgan fingerprint density at radius 1 is 0.867 bits per heavy atom. The van der Waals surface area contributed by atoms with E-state index in [4.69, 9.17) is 0 Å². The van der Waals surface area contributed by atoms with Crippen molar-refractivity contribution < 1.29 is 0 Å². The first-order chi connectivity index (χ1) is 6.70. The Kier molecular flexibility index (Phi) is 3.88. The Hall–Kier alpha value is -0.0138. The van der Waals surface area contributed by atoms with Crippen molar-refractivity contribution in [3.05, 3.63) is 29.8 Å². The predicted molar refractivity (Wildman–Crippen MR) is 70.2 cm³/mol. The van der Waals surface area contributed by atoms with E-state index in [-0.39, 0.29) is 25.8 Å². The molecular weight excluding hydrogens is 192 g/mol. The number of benzene rings is 1. The number of rotatable bonds is 1. The van der Waals surface area contributed by atoms with E-state index in [1.54, 1.807) is 9.26 Å². The molecule has 1 aromatic carbocycles. The molecule has 1 aromatic rings. The van der Waals surface area contributed by atoms with Crippen LogP contribution in [-0.4, -0.2) is 20.4 Å². The van der Waals surface area contributed by atoms with Crippen molar-refractivity contribution >= 4 is 24.1 Å². The Labute approximate surface area is 104 Å². The molecule has 0 atom stereocenters. The summed E-state index contributed by atoms with van der Waals surface area (Å²) in [6, 6.07) is 8.98. The second-order valence-corrected chi connectivity index (χ2v) is 9.88. The third-order valence-electron chi connectivity index (χ3n) is 2.55. The molecule has 1 rings (SSSR count). The molecule has 0 spiro atoms. The third kappa shape index (κ3) is 4.16. The molecule has 0 aromatic heterocycles. The van der Waals surface area contributed by atoms with E-state index < -0.39 is 0 Å². The Morgan fingerprint density at radius 3 is 1.87 bits per heavy atom. The lowest BCUT2D eigenvalue weighted by molar-refractivity contribution is 0.593. The van der Waals surface area contributed by atoms with Crippen LogP contribution in [0.2, 0.25) is 3.54 Å². The zero-order valence-electron chi connectivity index (χ0n) is 11.0. The van der Waals surface area contributed by atoms with Gasteiger partial charge in [0, 0.05) is 0 Å². The maximum absolute atomic E-state index is 2.36. The molecule has 0 saturated heterocycles. The van der Waals surface area contributed by atoms with Crippen molar-refractivity contribution in [1.29, 1.82) is 0 Å². The summed E-state index contributed by atoms with van der Waals surface area (Å²) in [6.45, 7) is 14.0. The second kappa shape index (κ2) is 4.46. The lowest BCUT2D eigenvalue weighted by atomic mass is 9.87. The zero-order valence-corrected chi connectivity index (χ0v) is 12.4. The number of hydrogen-bond donors (Lipinski definition) is 0. The summed E-state index contributed by atoms with van der Waals surface area (Å²) in [5.41, 5.74) is 1.83. The van der Waals surface area contributed by atoms with Gasteiger partial charge in [-0.3, -0.25) is 0 Å². The van der Waals surface area contributed by atoms with Crippen molar-refractivity contribution in [1.82, 2.24) is 0 Å². The SMILES string of the molecule is C[C](C)(C)[Mg][c]1ccccc1C(C)(C)C. The fraction of sp³-hybridized carbons (Fsp3) is 0.571. The van der Waals surface area contributed by atoms with Gasteiger partial charge in [-0.2, -0.15) is 3.69 Å². The molecule has 0 aliphatic rings. The van der Waals surface area contributed by atoms with E-state index in [1.807, 2.05) is 0 Å². The van der Waals surface area contributed by atoms with Crippen molar-refractivity contribution in [2.75, 3.05) is 0 Å². The van der Waals surface area contributed by atoms with Crippen LogP contribution in [0, 0.1) is 0 Å². The smallest absolute Gasteiger partial charge is 0.170 e. The lowest BCUT2D eigenvalue weighted by Gasteiger charge is -2.26. The topological polar surface area (TPSA) is 0 Å². The molecule has 0 N–H and O–H groups in total. The molecule has 0 heterocycles. The van der Waals surface area contributed by atoms with E-state index in [1.165, 1.54) is 0 Å². The minimum absolute atomic E-state index is 0.182. The van der Waals surface area contributed by atoms with Gasteiger partial charge >= 0.3 is 20.4 Å². The summed E-state index contributed by atoms with van der Waals surface area (Å²) in [5, 5.41) is 0. The lowest BCUT2D eigenvalue weighted by Crippen LogP contribution is -2.31. The molecule has 0 aliphatic heterocycles. The summed E-state index contributed by atoms with van der Waals surface area (Å²) in [6.07, 6.45) is 0. The van der Waals surface area contributed by atoms with Crippen molar-refractivity contribution in [3.63, 3.8) is 0 Å². The highest BCUT2D eigenvalue weighted by molar-refractivity contribution is 6.57. The fourth-order valence-corrected chi connectivity index (χ4v) is 4.21. The minimum atomic E-state index is -0.182. The molecule has 0 fully saturated rings. The van der Waals surface area contributed by atoms with Gasteiger partial charge in [0.05, 0.1) is 0 Å². The van der Waals surface area contributed by atoms with E-state index in [0.717, 1.165) is 0 Å². The minimum Gasteiger partial charge on any atom is -0.170 e. The molecule has 0 unspecified atom stereocenters. The van der Waals surface area contributed by atoms with E-state index in [9.17, 15) is 0 Å². The van der Waals surface area contributed by atoms with Crippen LogP contribution in [0.4, 0.5) is 0 Å². The molecule has 0 aliphatic carbocycles. The average Bonchev–Trinajstić information content (AvgIpc) is 1.99. The first-order valence-corrected chi connectivity index (χ1v) is 7.20. The Bertz CT molecular complexity index is 326. The number of hydrogen-bond acceptors (Lipinski definition) is 0. The molecular formula is C14H22Mg. The van der Waals surface area contributed by atoms with Gasteiger partial charge in [0.25, 0.3) is 0 Å². The molecule has 0 nitrogen and oxygen atoms in total. The molecule has 1 heteroatoms. The monoisotopic (exact) mass is 214 g/mol. The quantitative estimate of drug-likeness (QED) is 0.628. The average molecular weight is 215 g/mol.